The van der Waals surface area contributed by atoms with Crippen molar-refractivity contribution in [1.29, 1.82) is 0 Å². The molecular weight excluding hydrogens is 192 g/mol. The van der Waals surface area contributed by atoms with Crippen LogP contribution in [0.5, 0.6) is 5.75 Å². The number of carbonyl (C=O) groups is 1. The van der Waals surface area contributed by atoms with Gasteiger partial charge in [-0.2, -0.15) is 0 Å². The SMILES string of the molecule is CC1Cc2cc(C=CC(=O)O)ccc2O1. The normalized spacial score (nSPS) is 18.9. The Kier molecular flexibility index (Phi) is 2.46. The molecule has 1 aliphatic rings. The fraction of sp³-hybridized carbons (Fsp3) is 0.250. The minimum absolute atomic E-state index is 0.221. The second kappa shape index (κ2) is 3.77. The zero-order valence-electron chi connectivity index (χ0n) is 8.43. The summed E-state index contributed by atoms with van der Waals surface area (Å²) in [5.41, 5.74) is 2.05. The van der Waals surface area contributed by atoms with Crippen molar-refractivity contribution in [2.75, 3.05) is 0 Å². The standard InChI is InChI=1S/C12H12O3/c1-8-6-10-7-9(3-5-12(13)14)2-4-11(10)15-8/h2-5,7-8H,6H2,1H3,(H,13,14). The van der Waals surface area contributed by atoms with E-state index in [1.807, 2.05) is 25.1 Å². The van der Waals surface area contributed by atoms with Gasteiger partial charge in [-0.3, -0.25) is 0 Å². The molecule has 3 nitrogen and oxygen atoms in total. The smallest absolute Gasteiger partial charge is 0.328 e. The lowest BCUT2D eigenvalue weighted by molar-refractivity contribution is -0.131. The highest BCUT2D eigenvalue weighted by atomic mass is 16.5. The lowest BCUT2D eigenvalue weighted by atomic mass is 10.1. The van der Waals surface area contributed by atoms with Crippen LogP contribution >= 0.6 is 0 Å². The Morgan fingerprint density at radius 2 is 2.40 bits per heavy atom. The van der Waals surface area contributed by atoms with Crippen LogP contribution in [0.25, 0.3) is 6.08 Å². The molecule has 1 aromatic carbocycles. The van der Waals surface area contributed by atoms with Crippen molar-refractivity contribution in [1.82, 2.24) is 0 Å². The molecule has 0 saturated heterocycles. The van der Waals surface area contributed by atoms with E-state index in [0.717, 1.165) is 29.4 Å². The van der Waals surface area contributed by atoms with E-state index in [4.69, 9.17) is 9.84 Å². The third-order valence-electron chi connectivity index (χ3n) is 2.34. The molecule has 0 saturated carbocycles. The number of benzene rings is 1. The van der Waals surface area contributed by atoms with Gasteiger partial charge < -0.3 is 9.84 Å². The Balaban J connectivity index is 2.23. The number of rotatable bonds is 2. The van der Waals surface area contributed by atoms with Crippen LogP contribution in [0.2, 0.25) is 0 Å². The summed E-state index contributed by atoms with van der Waals surface area (Å²) in [6.45, 7) is 2.02. The fourth-order valence-corrected chi connectivity index (χ4v) is 1.71. The van der Waals surface area contributed by atoms with Crippen LogP contribution in [-0.2, 0) is 11.2 Å². The summed E-state index contributed by atoms with van der Waals surface area (Å²) in [5, 5.41) is 8.50. The topological polar surface area (TPSA) is 46.5 Å². The maximum absolute atomic E-state index is 10.3. The van der Waals surface area contributed by atoms with E-state index in [0.29, 0.717) is 0 Å². The number of carboxylic acid groups (broad SMARTS) is 1. The van der Waals surface area contributed by atoms with Crippen molar-refractivity contribution in [2.45, 2.75) is 19.4 Å². The van der Waals surface area contributed by atoms with Crippen LogP contribution < -0.4 is 4.74 Å². The fourth-order valence-electron chi connectivity index (χ4n) is 1.71. The molecule has 0 amide bonds. The molecule has 1 aromatic rings. The van der Waals surface area contributed by atoms with Gasteiger partial charge in [0.1, 0.15) is 11.9 Å². The molecule has 1 N–H and O–H groups in total. The van der Waals surface area contributed by atoms with Gasteiger partial charge in [0.05, 0.1) is 0 Å². The van der Waals surface area contributed by atoms with Gasteiger partial charge in [-0.1, -0.05) is 6.07 Å². The van der Waals surface area contributed by atoms with E-state index in [1.54, 1.807) is 6.08 Å². The Bertz CT molecular complexity index is 421. The van der Waals surface area contributed by atoms with Crippen molar-refractivity contribution < 1.29 is 14.6 Å². The number of hydrogen-bond acceptors (Lipinski definition) is 2. The van der Waals surface area contributed by atoms with Gasteiger partial charge in [-0.25, -0.2) is 4.79 Å². The molecule has 0 aliphatic carbocycles. The predicted molar refractivity (Wildman–Crippen MR) is 56.9 cm³/mol. The maximum Gasteiger partial charge on any atom is 0.328 e. The summed E-state index contributed by atoms with van der Waals surface area (Å²) in [7, 11) is 0. The van der Waals surface area contributed by atoms with E-state index in [9.17, 15) is 4.79 Å². The van der Waals surface area contributed by atoms with Gasteiger partial charge >= 0.3 is 5.97 Å². The predicted octanol–water partition coefficient (Wildman–Crippen LogP) is 2.11. The third-order valence-corrected chi connectivity index (χ3v) is 2.34. The number of carboxylic acids is 1. The minimum Gasteiger partial charge on any atom is -0.490 e. The molecule has 1 heterocycles. The van der Waals surface area contributed by atoms with Gasteiger partial charge in [-0.05, 0) is 36.3 Å². The first-order chi connectivity index (χ1) is 7.15. The molecule has 2 rings (SSSR count). The Labute approximate surface area is 88.0 Å². The molecule has 1 unspecified atom stereocenters. The average Bonchev–Trinajstić information content (AvgIpc) is 2.53. The molecule has 0 radical (unpaired) electrons. The third kappa shape index (κ3) is 2.18. The molecule has 0 fully saturated rings. The number of ether oxygens (including phenoxy) is 1. The van der Waals surface area contributed by atoms with E-state index < -0.39 is 5.97 Å². The second-order valence-electron chi connectivity index (χ2n) is 3.67. The first kappa shape index (κ1) is 9.77. The summed E-state index contributed by atoms with van der Waals surface area (Å²) in [5.74, 6) is -0.0184. The maximum atomic E-state index is 10.3. The summed E-state index contributed by atoms with van der Waals surface area (Å²) < 4.78 is 5.55. The summed E-state index contributed by atoms with van der Waals surface area (Å²) >= 11 is 0. The van der Waals surface area contributed by atoms with E-state index in [-0.39, 0.29) is 6.10 Å². The highest BCUT2D eigenvalue weighted by Crippen LogP contribution is 2.29. The zero-order valence-corrected chi connectivity index (χ0v) is 8.43. The van der Waals surface area contributed by atoms with Gasteiger partial charge in [0.15, 0.2) is 0 Å². The van der Waals surface area contributed by atoms with E-state index in [2.05, 4.69) is 0 Å². The van der Waals surface area contributed by atoms with Crippen molar-refractivity contribution in [3.8, 4) is 5.75 Å². The highest BCUT2D eigenvalue weighted by molar-refractivity contribution is 5.85. The Morgan fingerprint density at radius 1 is 1.60 bits per heavy atom. The van der Waals surface area contributed by atoms with Gasteiger partial charge in [-0.15, -0.1) is 0 Å². The monoisotopic (exact) mass is 204 g/mol. The number of fused-ring (bicyclic) bond motifs is 1. The first-order valence-electron chi connectivity index (χ1n) is 4.86. The van der Waals surface area contributed by atoms with Crippen LogP contribution in [0, 0.1) is 0 Å². The summed E-state index contributed by atoms with van der Waals surface area (Å²) in [6.07, 6.45) is 3.84. The van der Waals surface area contributed by atoms with Crippen LogP contribution in [0.3, 0.4) is 0 Å². The van der Waals surface area contributed by atoms with Crippen molar-refractivity contribution in [3.63, 3.8) is 0 Å². The average molecular weight is 204 g/mol. The molecule has 78 valence electrons. The van der Waals surface area contributed by atoms with Gasteiger partial charge in [0, 0.05) is 12.5 Å². The van der Waals surface area contributed by atoms with Crippen molar-refractivity contribution in [2.24, 2.45) is 0 Å². The lowest BCUT2D eigenvalue weighted by Gasteiger charge is -2.01. The molecule has 0 aromatic heterocycles. The van der Waals surface area contributed by atoms with Crippen LogP contribution in [0.1, 0.15) is 18.1 Å². The zero-order chi connectivity index (χ0) is 10.8. The first-order valence-corrected chi connectivity index (χ1v) is 4.86. The highest BCUT2D eigenvalue weighted by Gasteiger charge is 2.18. The molecule has 1 atom stereocenters. The van der Waals surface area contributed by atoms with Gasteiger partial charge in [0.2, 0.25) is 0 Å². The van der Waals surface area contributed by atoms with Crippen molar-refractivity contribution >= 4 is 12.0 Å². The summed E-state index contributed by atoms with van der Waals surface area (Å²) in [4.78, 5) is 10.3. The van der Waals surface area contributed by atoms with Crippen LogP contribution in [0.4, 0.5) is 0 Å². The Hall–Kier alpha value is -1.77. The lowest BCUT2D eigenvalue weighted by Crippen LogP contribution is -2.05. The van der Waals surface area contributed by atoms with E-state index >= 15 is 0 Å². The largest absolute Gasteiger partial charge is 0.490 e. The molecule has 15 heavy (non-hydrogen) atoms. The quantitative estimate of drug-likeness (QED) is 0.750. The number of aliphatic carboxylic acids is 1. The van der Waals surface area contributed by atoms with Gasteiger partial charge in [0.25, 0.3) is 0 Å². The molecule has 0 bridgehead atoms. The van der Waals surface area contributed by atoms with Crippen LogP contribution in [0.15, 0.2) is 24.3 Å². The van der Waals surface area contributed by atoms with Crippen molar-refractivity contribution in [3.05, 3.63) is 35.4 Å². The van der Waals surface area contributed by atoms with Crippen LogP contribution in [-0.4, -0.2) is 17.2 Å². The second-order valence-corrected chi connectivity index (χ2v) is 3.67. The molecule has 0 spiro atoms. The minimum atomic E-state index is -0.930. The number of hydrogen-bond donors (Lipinski definition) is 1. The molecule has 3 heteroatoms. The summed E-state index contributed by atoms with van der Waals surface area (Å²) in [6, 6.07) is 5.72. The van der Waals surface area contributed by atoms with E-state index in [1.165, 1.54) is 0 Å². The molecular formula is C12H12O3. The molecule has 1 aliphatic heterocycles. The Morgan fingerprint density at radius 3 is 3.13 bits per heavy atom.